The van der Waals surface area contributed by atoms with E-state index in [9.17, 15) is 14.4 Å². The molecular weight excluding hydrogens is 1020 g/mol. The lowest BCUT2D eigenvalue weighted by Gasteiger charge is -2.18. The van der Waals surface area contributed by atoms with Crippen molar-refractivity contribution in [1.82, 2.24) is 0 Å². The van der Waals surface area contributed by atoms with Crippen molar-refractivity contribution in [3.63, 3.8) is 0 Å². The van der Waals surface area contributed by atoms with Crippen LogP contribution >= 0.6 is 0 Å². The van der Waals surface area contributed by atoms with Gasteiger partial charge in [-0.25, -0.2) is 0 Å². The maximum absolute atomic E-state index is 13.0. The second-order valence-electron chi connectivity index (χ2n) is 25.6. The van der Waals surface area contributed by atoms with Gasteiger partial charge in [-0.1, -0.05) is 359 Å². The predicted molar refractivity (Wildman–Crippen MR) is 362 cm³/mol. The lowest BCUT2D eigenvalue weighted by Crippen LogP contribution is -2.30. The van der Waals surface area contributed by atoms with E-state index in [4.69, 9.17) is 14.2 Å². The quantitative estimate of drug-likeness (QED) is 0.0261. The molecule has 0 rings (SSSR count). The fraction of sp³-hybridized carbons (Fsp3) is 0.883. The minimum atomic E-state index is -0.773. The number of allylic oxidation sites excluding steroid dienone is 6. The molecule has 0 saturated heterocycles. The summed E-state index contributed by atoms with van der Waals surface area (Å²) >= 11 is 0. The second kappa shape index (κ2) is 72.1. The van der Waals surface area contributed by atoms with Gasteiger partial charge in [0, 0.05) is 19.3 Å². The Hall–Kier alpha value is -2.37. The van der Waals surface area contributed by atoms with Crippen LogP contribution in [0.5, 0.6) is 0 Å². The van der Waals surface area contributed by atoms with E-state index >= 15 is 0 Å². The molecule has 0 fully saturated rings. The topological polar surface area (TPSA) is 78.9 Å². The zero-order chi connectivity index (χ0) is 59.9. The Morgan fingerprint density at radius 2 is 0.434 bits per heavy atom. The highest BCUT2D eigenvalue weighted by molar-refractivity contribution is 5.71. The zero-order valence-electron chi connectivity index (χ0n) is 56.2. The SMILES string of the molecule is CCCCCCC/C=C\C/C=C\CCCCCCCCCCCCCCCC(=O)OCC(COC(=O)CCCCCCCCC/C=C\CCCCCCCCC)OC(=O)CCCCCCCCCCCCCCCCCCCCCCCC. The van der Waals surface area contributed by atoms with Crippen LogP contribution < -0.4 is 0 Å². The largest absolute Gasteiger partial charge is 0.462 e. The molecule has 1 atom stereocenters. The molecule has 0 radical (unpaired) electrons. The molecule has 0 bridgehead atoms. The third-order valence-corrected chi connectivity index (χ3v) is 17.1. The Labute approximate surface area is 518 Å². The van der Waals surface area contributed by atoms with Crippen LogP contribution in [0.15, 0.2) is 36.5 Å². The molecule has 0 aromatic rings. The van der Waals surface area contributed by atoms with Gasteiger partial charge >= 0.3 is 17.9 Å². The Morgan fingerprint density at radius 1 is 0.241 bits per heavy atom. The van der Waals surface area contributed by atoms with Gasteiger partial charge in [-0.3, -0.25) is 14.4 Å². The van der Waals surface area contributed by atoms with Gasteiger partial charge in [0.1, 0.15) is 13.2 Å². The highest BCUT2D eigenvalue weighted by Gasteiger charge is 2.20. The summed E-state index contributed by atoms with van der Waals surface area (Å²) in [5, 5.41) is 0. The van der Waals surface area contributed by atoms with Crippen LogP contribution in [-0.2, 0) is 28.6 Å². The molecular formula is C77H144O6. The van der Waals surface area contributed by atoms with Gasteiger partial charge < -0.3 is 14.2 Å². The van der Waals surface area contributed by atoms with Gasteiger partial charge in [0.2, 0.25) is 0 Å². The van der Waals surface area contributed by atoms with Crippen molar-refractivity contribution < 1.29 is 28.6 Å². The number of hydrogen-bond acceptors (Lipinski definition) is 6. The van der Waals surface area contributed by atoms with Gasteiger partial charge in [-0.2, -0.15) is 0 Å². The molecule has 6 heteroatoms. The predicted octanol–water partition coefficient (Wildman–Crippen LogP) is 25.9. The summed E-state index contributed by atoms with van der Waals surface area (Å²) in [6.45, 7) is 6.71. The fourth-order valence-electron chi connectivity index (χ4n) is 11.5. The van der Waals surface area contributed by atoms with Crippen LogP contribution in [-0.4, -0.2) is 37.2 Å². The van der Waals surface area contributed by atoms with E-state index in [1.165, 1.54) is 315 Å². The molecule has 0 amide bonds. The van der Waals surface area contributed by atoms with Crippen molar-refractivity contribution in [3.05, 3.63) is 36.5 Å². The summed E-state index contributed by atoms with van der Waals surface area (Å²) in [6.07, 6.45) is 90.4. The van der Waals surface area contributed by atoms with Gasteiger partial charge in [-0.15, -0.1) is 0 Å². The first kappa shape index (κ1) is 80.6. The van der Waals surface area contributed by atoms with E-state index in [0.717, 1.165) is 64.2 Å². The number of ether oxygens (including phenoxy) is 3. The van der Waals surface area contributed by atoms with Gasteiger partial charge in [0.05, 0.1) is 0 Å². The van der Waals surface area contributed by atoms with Crippen molar-refractivity contribution >= 4 is 17.9 Å². The molecule has 0 saturated carbocycles. The smallest absolute Gasteiger partial charge is 0.306 e. The second-order valence-corrected chi connectivity index (χ2v) is 25.6. The Balaban J connectivity index is 4.29. The van der Waals surface area contributed by atoms with Gasteiger partial charge in [-0.05, 0) is 77.0 Å². The minimum absolute atomic E-state index is 0.0685. The zero-order valence-corrected chi connectivity index (χ0v) is 56.2. The van der Waals surface area contributed by atoms with E-state index in [1.54, 1.807) is 0 Å². The van der Waals surface area contributed by atoms with E-state index in [2.05, 4.69) is 57.2 Å². The minimum Gasteiger partial charge on any atom is -0.462 e. The van der Waals surface area contributed by atoms with Crippen molar-refractivity contribution in [3.8, 4) is 0 Å². The van der Waals surface area contributed by atoms with Crippen molar-refractivity contribution in [2.24, 2.45) is 0 Å². The molecule has 0 heterocycles. The molecule has 0 spiro atoms. The van der Waals surface area contributed by atoms with Crippen molar-refractivity contribution in [2.45, 2.75) is 425 Å². The van der Waals surface area contributed by atoms with E-state index < -0.39 is 6.10 Å². The van der Waals surface area contributed by atoms with Crippen LogP contribution in [0, 0.1) is 0 Å². The van der Waals surface area contributed by atoms with Crippen LogP contribution in [0.1, 0.15) is 419 Å². The highest BCUT2D eigenvalue weighted by Crippen LogP contribution is 2.19. The molecule has 0 N–H and O–H groups in total. The number of unbranched alkanes of at least 4 members (excludes halogenated alkanes) is 53. The molecule has 0 aromatic carbocycles. The Bertz CT molecular complexity index is 1380. The molecule has 0 aliphatic carbocycles. The first-order valence-corrected chi connectivity index (χ1v) is 37.5. The number of hydrogen-bond donors (Lipinski definition) is 0. The molecule has 1 unspecified atom stereocenters. The maximum atomic E-state index is 13.0. The van der Waals surface area contributed by atoms with Crippen molar-refractivity contribution in [2.75, 3.05) is 13.2 Å². The van der Waals surface area contributed by atoms with Crippen LogP contribution in [0.25, 0.3) is 0 Å². The monoisotopic (exact) mass is 1170 g/mol. The molecule has 83 heavy (non-hydrogen) atoms. The normalized spacial score (nSPS) is 12.2. The number of carbonyl (C=O) groups is 3. The molecule has 6 nitrogen and oxygen atoms in total. The van der Waals surface area contributed by atoms with Gasteiger partial charge in [0.25, 0.3) is 0 Å². The third kappa shape index (κ3) is 70.3. The summed E-state index contributed by atoms with van der Waals surface area (Å²) in [5.74, 6) is -0.839. The summed E-state index contributed by atoms with van der Waals surface area (Å²) in [4.78, 5) is 38.6. The summed E-state index contributed by atoms with van der Waals surface area (Å²) in [7, 11) is 0. The summed E-state index contributed by atoms with van der Waals surface area (Å²) < 4.78 is 17.0. The average Bonchev–Trinajstić information content (AvgIpc) is 3.50. The average molecular weight is 1170 g/mol. The lowest BCUT2D eigenvalue weighted by atomic mass is 10.0. The van der Waals surface area contributed by atoms with E-state index in [0.29, 0.717) is 19.3 Å². The first-order valence-electron chi connectivity index (χ1n) is 37.5. The summed E-state index contributed by atoms with van der Waals surface area (Å²) in [6, 6.07) is 0. The van der Waals surface area contributed by atoms with Crippen molar-refractivity contribution in [1.29, 1.82) is 0 Å². The van der Waals surface area contributed by atoms with E-state index in [-0.39, 0.29) is 31.1 Å². The van der Waals surface area contributed by atoms with Crippen LogP contribution in [0.3, 0.4) is 0 Å². The number of rotatable bonds is 70. The summed E-state index contributed by atoms with van der Waals surface area (Å²) in [5.41, 5.74) is 0. The fourth-order valence-corrected chi connectivity index (χ4v) is 11.5. The van der Waals surface area contributed by atoms with E-state index in [1.807, 2.05) is 0 Å². The third-order valence-electron chi connectivity index (χ3n) is 17.1. The molecule has 0 aliphatic heterocycles. The standard InChI is InChI=1S/C77H144O6/c1-4-7-10-13-16-19-22-25-28-31-34-36-38-39-40-42-43-46-49-52-55-58-61-64-67-70-76(79)82-73-74(72-81-75(78)69-66-63-60-57-54-51-48-45-33-30-27-24-21-18-15-12-9-6-3)83-77(80)71-68-65-62-59-56-53-50-47-44-41-37-35-32-29-26-23-20-17-14-11-8-5-2/h22,25,30-31,33-34,74H,4-21,23-24,26-29,32,35-73H2,1-3H3/b25-22-,33-30-,34-31-. The van der Waals surface area contributed by atoms with Gasteiger partial charge in [0.15, 0.2) is 6.10 Å². The Kier molecular flexibility index (Phi) is 70.0. The number of carbonyl (C=O) groups excluding carboxylic acids is 3. The van der Waals surface area contributed by atoms with Crippen LogP contribution in [0.2, 0.25) is 0 Å². The molecule has 0 aliphatic rings. The Morgan fingerprint density at radius 3 is 0.675 bits per heavy atom. The maximum Gasteiger partial charge on any atom is 0.306 e. The van der Waals surface area contributed by atoms with Crippen LogP contribution in [0.4, 0.5) is 0 Å². The highest BCUT2D eigenvalue weighted by atomic mass is 16.6. The molecule has 488 valence electrons. The first-order chi connectivity index (χ1) is 41.0. The number of esters is 3. The lowest BCUT2D eigenvalue weighted by molar-refractivity contribution is -0.167. The molecule has 0 aromatic heterocycles.